The number of nitriles is 1. The van der Waals surface area contributed by atoms with Gasteiger partial charge in [-0.05, 0) is 12.8 Å². The van der Waals surface area contributed by atoms with Crippen LogP contribution < -0.4 is 0 Å². The predicted molar refractivity (Wildman–Crippen MR) is 36.7 cm³/mol. The summed E-state index contributed by atoms with van der Waals surface area (Å²) in [5.41, 5.74) is 1.26. The molecule has 0 aromatic rings. The smallest absolute Gasteiger partial charge is 0.0666 e. The molecule has 0 spiro atoms. The van der Waals surface area contributed by atoms with Crippen molar-refractivity contribution in [1.82, 2.24) is 0 Å². The van der Waals surface area contributed by atoms with Gasteiger partial charge in [-0.1, -0.05) is 23.8 Å². The molecule has 0 aromatic heterocycles. The van der Waals surface area contributed by atoms with Crippen LogP contribution in [0.4, 0.5) is 0 Å². The van der Waals surface area contributed by atoms with Crippen molar-refractivity contribution >= 4 is 0 Å². The van der Waals surface area contributed by atoms with Crippen molar-refractivity contribution in [3.05, 3.63) is 23.8 Å². The minimum absolute atomic E-state index is 0.602. The molecular weight excluding hydrogens is 110 g/mol. The first-order valence-electron chi connectivity index (χ1n) is 3.15. The summed E-state index contributed by atoms with van der Waals surface area (Å²) < 4.78 is 0. The van der Waals surface area contributed by atoms with Crippen LogP contribution in [0.5, 0.6) is 0 Å². The van der Waals surface area contributed by atoms with Gasteiger partial charge in [-0.2, -0.15) is 5.26 Å². The molecule has 1 aliphatic carbocycles. The number of nitrogens with zero attached hydrogens (tertiary/aromatic N) is 1. The van der Waals surface area contributed by atoms with E-state index in [1.165, 1.54) is 5.57 Å². The van der Waals surface area contributed by atoms with Crippen LogP contribution in [0.3, 0.4) is 0 Å². The van der Waals surface area contributed by atoms with Gasteiger partial charge >= 0.3 is 0 Å². The van der Waals surface area contributed by atoms with E-state index in [0.29, 0.717) is 6.42 Å². The Hall–Kier alpha value is -1.03. The summed E-state index contributed by atoms with van der Waals surface area (Å²) in [6.07, 6.45) is 8.96. The minimum Gasteiger partial charge on any atom is -0.198 e. The van der Waals surface area contributed by atoms with Crippen LogP contribution in [0.15, 0.2) is 23.8 Å². The number of hydrogen-bond donors (Lipinski definition) is 0. The average molecular weight is 119 g/mol. The lowest BCUT2D eigenvalue weighted by molar-refractivity contribution is 0.928. The lowest BCUT2D eigenvalue weighted by atomic mass is 10.0. The summed E-state index contributed by atoms with van der Waals surface area (Å²) in [6.45, 7) is 0. The van der Waals surface area contributed by atoms with E-state index < -0.39 is 0 Å². The molecular formula is C8H9N. The Kier molecular flexibility index (Phi) is 2.09. The third kappa shape index (κ3) is 1.73. The summed E-state index contributed by atoms with van der Waals surface area (Å²) in [5, 5.41) is 8.30. The summed E-state index contributed by atoms with van der Waals surface area (Å²) >= 11 is 0. The highest BCUT2D eigenvalue weighted by Crippen LogP contribution is 2.13. The maximum atomic E-state index is 8.30. The molecule has 0 bridgehead atoms. The highest BCUT2D eigenvalue weighted by molar-refractivity contribution is 5.19. The Bertz CT molecular complexity index is 181. The van der Waals surface area contributed by atoms with E-state index in [4.69, 9.17) is 5.26 Å². The molecule has 0 atom stereocenters. The monoisotopic (exact) mass is 119 g/mol. The molecule has 0 radical (unpaired) electrons. The van der Waals surface area contributed by atoms with Gasteiger partial charge in [0.15, 0.2) is 0 Å². The van der Waals surface area contributed by atoms with Crippen molar-refractivity contribution in [2.75, 3.05) is 0 Å². The van der Waals surface area contributed by atoms with E-state index in [1.807, 2.05) is 12.2 Å². The van der Waals surface area contributed by atoms with E-state index in [-0.39, 0.29) is 0 Å². The Morgan fingerprint density at radius 2 is 2.56 bits per heavy atom. The van der Waals surface area contributed by atoms with Crippen LogP contribution in [0, 0.1) is 11.3 Å². The summed E-state index contributed by atoms with van der Waals surface area (Å²) in [6, 6.07) is 2.14. The van der Waals surface area contributed by atoms with Crippen LogP contribution in [0.25, 0.3) is 0 Å². The zero-order valence-corrected chi connectivity index (χ0v) is 5.30. The molecule has 0 amide bonds. The molecule has 0 N–H and O–H groups in total. The molecule has 0 saturated heterocycles. The molecule has 0 saturated carbocycles. The van der Waals surface area contributed by atoms with Crippen molar-refractivity contribution in [2.45, 2.75) is 19.3 Å². The van der Waals surface area contributed by atoms with Gasteiger partial charge in [0.2, 0.25) is 0 Å². The lowest BCUT2D eigenvalue weighted by Crippen LogP contribution is -1.84. The fourth-order valence-corrected chi connectivity index (χ4v) is 0.901. The predicted octanol–water partition coefficient (Wildman–Crippen LogP) is 2.18. The van der Waals surface area contributed by atoms with Gasteiger partial charge < -0.3 is 0 Å². The Labute approximate surface area is 55.3 Å². The van der Waals surface area contributed by atoms with Crippen LogP contribution >= 0.6 is 0 Å². The molecule has 1 heteroatoms. The van der Waals surface area contributed by atoms with Crippen LogP contribution in [-0.2, 0) is 0 Å². The van der Waals surface area contributed by atoms with Crippen molar-refractivity contribution in [2.24, 2.45) is 0 Å². The standard InChI is InChI=1S/C8H9N/c9-7-6-8-4-2-1-3-5-8/h1-2,4H,3,5-6H2. The lowest BCUT2D eigenvalue weighted by Gasteiger charge is -2.02. The second-order valence-electron chi connectivity index (χ2n) is 2.13. The summed E-state index contributed by atoms with van der Waals surface area (Å²) in [4.78, 5) is 0. The third-order valence-electron chi connectivity index (χ3n) is 1.41. The molecule has 0 heterocycles. The largest absolute Gasteiger partial charge is 0.198 e. The zero-order valence-electron chi connectivity index (χ0n) is 5.30. The highest BCUT2D eigenvalue weighted by atomic mass is 14.2. The first-order valence-corrected chi connectivity index (χ1v) is 3.15. The molecule has 9 heavy (non-hydrogen) atoms. The van der Waals surface area contributed by atoms with Gasteiger partial charge in [-0.3, -0.25) is 0 Å². The second-order valence-corrected chi connectivity index (χ2v) is 2.13. The van der Waals surface area contributed by atoms with E-state index in [9.17, 15) is 0 Å². The van der Waals surface area contributed by atoms with E-state index >= 15 is 0 Å². The van der Waals surface area contributed by atoms with E-state index in [2.05, 4.69) is 12.1 Å². The number of allylic oxidation sites excluding steroid dienone is 4. The Morgan fingerprint density at radius 1 is 1.67 bits per heavy atom. The molecule has 46 valence electrons. The van der Waals surface area contributed by atoms with E-state index in [0.717, 1.165) is 12.8 Å². The SMILES string of the molecule is N#CCC1=CC=CCC1. The number of rotatable bonds is 1. The van der Waals surface area contributed by atoms with Crippen molar-refractivity contribution in [3.63, 3.8) is 0 Å². The quantitative estimate of drug-likeness (QED) is 0.519. The van der Waals surface area contributed by atoms with Gasteiger partial charge in [0, 0.05) is 0 Å². The fraction of sp³-hybridized carbons (Fsp3) is 0.375. The van der Waals surface area contributed by atoms with Gasteiger partial charge in [0.25, 0.3) is 0 Å². The van der Waals surface area contributed by atoms with Crippen molar-refractivity contribution in [1.29, 1.82) is 5.26 Å². The molecule has 1 aliphatic rings. The van der Waals surface area contributed by atoms with Gasteiger partial charge in [-0.15, -0.1) is 0 Å². The molecule has 1 rings (SSSR count). The van der Waals surface area contributed by atoms with Crippen molar-refractivity contribution < 1.29 is 0 Å². The van der Waals surface area contributed by atoms with Crippen molar-refractivity contribution in [3.8, 4) is 6.07 Å². The van der Waals surface area contributed by atoms with Crippen LogP contribution in [-0.4, -0.2) is 0 Å². The zero-order chi connectivity index (χ0) is 6.53. The minimum atomic E-state index is 0.602. The van der Waals surface area contributed by atoms with E-state index in [1.54, 1.807) is 0 Å². The molecule has 0 unspecified atom stereocenters. The maximum Gasteiger partial charge on any atom is 0.0666 e. The molecule has 0 aliphatic heterocycles. The molecule has 0 aromatic carbocycles. The Balaban J connectivity index is 2.50. The highest BCUT2D eigenvalue weighted by Gasteiger charge is 1.96. The first-order chi connectivity index (χ1) is 4.43. The first kappa shape index (κ1) is 6.10. The fourth-order valence-electron chi connectivity index (χ4n) is 0.901. The number of hydrogen-bond acceptors (Lipinski definition) is 1. The maximum absolute atomic E-state index is 8.30. The normalized spacial score (nSPS) is 16.6. The second kappa shape index (κ2) is 3.09. The van der Waals surface area contributed by atoms with Gasteiger partial charge in [0.1, 0.15) is 0 Å². The van der Waals surface area contributed by atoms with Gasteiger partial charge in [0.05, 0.1) is 12.5 Å². The topological polar surface area (TPSA) is 23.8 Å². The average Bonchev–Trinajstić information content (AvgIpc) is 1.91. The van der Waals surface area contributed by atoms with Crippen LogP contribution in [0.1, 0.15) is 19.3 Å². The molecule has 1 nitrogen and oxygen atoms in total. The third-order valence-corrected chi connectivity index (χ3v) is 1.41. The van der Waals surface area contributed by atoms with Gasteiger partial charge in [-0.25, -0.2) is 0 Å². The Morgan fingerprint density at radius 3 is 3.11 bits per heavy atom. The summed E-state index contributed by atoms with van der Waals surface area (Å²) in [7, 11) is 0. The summed E-state index contributed by atoms with van der Waals surface area (Å²) in [5.74, 6) is 0. The van der Waals surface area contributed by atoms with Crippen LogP contribution in [0.2, 0.25) is 0 Å². The molecule has 0 fully saturated rings.